The first-order valence-corrected chi connectivity index (χ1v) is 36.8. The zero-order valence-electron chi connectivity index (χ0n) is 46.2. The molecule has 16 heteroatoms. The molecule has 4 amide bonds. The topological polar surface area (TPSA) is 99.7 Å². The molecule has 4 aromatic rings. The molecule has 416 valence electrons. The predicted octanol–water partition coefficient (Wildman–Crippen LogP) is 14.9. The number of carbonyl (C=O) groups excluding carboxylic acids is 4. The van der Waals surface area contributed by atoms with Gasteiger partial charge in [-0.1, -0.05) is 134 Å². The fourth-order valence-corrected chi connectivity index (χ4v) is 14.6. The number of anilines is 2. The zero-order valence-corrected chi connectivity index (χ0v) is 51.2. The van der Waals surface area contributed by atoms with Crippen molar-refractivity contribution in [2.45, 2.75) is 126 Å². The Morgan fingerprint density at radius 1 is 0.551 bits per heavy atom. The second-order valence-corrected chi connectivity index (χ2v) is 37.9. The van der Waals surface area contributed by atoms with Crippen molar-refractivity contribution in [1.29, 1.82) is 0 Å². The van der Waals surface area contributed by atoms with E-state index >= 15 is 0 Å². The van der Waals surface area contributed by atoms with Gasteiger partial charge in [-0.2, -0.15) is 0 Å². The van der Waals surface area contributed by atoms with Crippen LogP contribution in [0, 0.1) is 23.7 Å². The van der Waals surface area contributed by atoms with Crippen molar-refractivity contribution in [3.05, 3.63) is 153 Å². The third kappa shape index (κ3) is 11.9. The highest BCUT2D eigenvalue weighted by atomic mass is 35.5. The number of allylic oxidation sites excluding steroid dienone is 2. The second-order valence-electron chi connectivity index (χ2n) is 24.9. The van der Waals surface area contributed by atoms with Gasteiger partial charge in [0.2, 0.25) is 11.8 Å². The van der Waals surface area contributed by atoms with Gasteiger partial charge < -0.3 is 19.3 Å². The third-order valence-electron chi connectivity index (χ3n) is 16.7. The normalized spacial score (nSPS) is 24.9. The van der Waals surface area contributed by atoms with Crippen LogP contribution in [0.4, 0.5) is 11.4 Å². The van der Waals surface area contributed by atoms with Crippen molar-refractivity contribution in [2.75, 3.05) is 49.6 Å². The number of hydrogen-bond donors (Lipinski definition) is 0. The number of rotatable bonds is 20. The average Bonchev–Trinajstić information content (AvgIpc) is 3.70. The van der Waals surface area contributed by atoms with E-state index < -0.39 is 27.2 Å². The smallest absolute Gasteiger partial charge is 0.260 e. The molecule has 6 atom stereocenters. The largest absolute Gasteiger partial charge is 0.361 e. The van der Waals surface area contributed by atoms with Crippen molar-refractivity contribution >= 4 is 97.6 Å². The Kier molecular flexibility index (Phi) is 17.7. The molecule has 2 saturated heterocycles. The molecule has 2 aliphatic carbocycles. The Bertz CT molecular complexity index is 2740. The molecule has 0 unspecified atom stereocenters. The summed E-state index contributed by atoms with van der Waals surface area (Å²) in [6, 6.07) is 28.7. The van der Waals surface area contributed by atoms with Crippen LogP contribution in [0.5, 0.6) is 0 Å². The first kappa shape index (κ1) is 58.4. The number of nitrogens with zero attached hydrogens (tertiary/aromatic N) is 4. The first-order chi connectivity index (χ1) is 37.1. The van der Waals surface area contributed by atoms with Crippen molar-refractivity contribution in [2.24, 2.45) is 23.7 Å². The maximum absolute atomic E-state index is 14.9. The highest BCUT2D eigenvalue weighted by Crippen LogP contribution is 2.60. The molecule has 4 fully saturated rings. The Balaban J connectivity index is 0.000000190. The third-order valence-corrected chi connectivity index (χ3v) is 21.1. The van der Waals surface area contributed by atoms with E-state index in [0.29, 0.717) is 83.9 Å². The minimum atomic E-state index is -1.30. The second kappa shape index (κ2) is 23.7. The molecule has 0 N–H and O–H groups in total. The van der Waals surface area contributed by atoms with Gasteiger partial charge in [-0.25, -0.2) is 0 Å². The fourth-order valence-electron chi connectivity index (χ4n) is 12.3. The summed E-state index contributed by atoms with van der Waals surface area (Å²) < 4.78 is 12.3. The van der Waals surface area contributed by atoms with Gasteiger partial charge in [-0.3, -0.25) is 29.0 Å². The Morgan fingerprint density at radius 2 is 0.923 bits per heavy atom. The molecule has 0 bridgehead atoms. The van der Waals surface area contributed by atoms with Crippen LogP contribution in [0.25, 0.3) is 0 Å². The number of halogens is 4. The Morgan fingerprint density at radius 3 is 1.26 bits per heavy atom. The van der Waals surface area contributed by atoms with Gasteiger partial charge in [-0.15, -0.1) is 13.2 Å². The fraction of sp³-hybridized carbons (Fsp3) is 0.484. The van der Waals surface area contributed by atoms with Gasteiger partial charge >= 0.3 is 0 Å². The Hall–Kier alpha value is -4.25. The lowest BCUT2D eigenvalue weighted by atomic mass is 9.66. The maximum atomic E-state index is 14.9. The molecule has 4 heterocycles. The minimum Gasteiger partial charge on any atom is -0.361 e. The molecule has 10 rings (SSSR count). The quantitative estimate of drug-likeness (QED) is 0.0497. The summed E-state index contributed by atoms with van der Waals surface area (Å²) >= 11 is 26.0. The number of amides is 4. The number of ether oxygens (including phenoxy) is 2. The van der Waals surface area contributed by atoms with Crippen LogP contribution in [0.1, 0.15) is 85.5 Å². The van der Waals surface area contributed by atoms with E-state index in [1.54, 1.807) is 9.80 Å². The molecule has 0 radical (unpaired) electrons. The summed E-state index contributed by atoms with van der Waals surface area (Å²) in [6.07, 6.45) is 10.1. The van der Waals surface area contributed by atoms with Crippen LogP contribution in [-0.2, 0) is 39.7 Å². The molecule has 0 aromatic heterocycles. The van der Waals surface area contributed by atoms with Crippen molar-refractivity contribution < 1.29 is 28.7 Å². The van der Waals surface area contributed by atoms with E-state index in [-0.39, 0.29) is 60.8 Å². The lowest BCUT2D eigenvalue weighted by Gasteiger charge is -2.51. The van der Waals surface area contributed by atoms with Gasteiger partial charge in [-0.05, 0) is 135 Å². The number of carbonyl (C=O) groups is 4. The number of likely N-dealkylation sites (tertiary alicyclic amines) is 2. The summed E-state index contributed by atoms with van der Waals surface area (Å²) in [5.74, 6) is -0.450. The number of fused-ring (bicyclic) bond motifs is 4. The van der Waals surface area contributed by atoms with Crippen LogP contribution in [0.3, 0.4) is 0 Å². The average molecular weight is 1170 g/mol. The van der Waals surface area contributed by atoms with E-state index in [1.165, 1.54) is 0 Å². The van der Waals surface area contributed by atoms with Crippen molar-refractivity contribution in [1.82, 2.24) is 9.80 Å². The van der Waals surface area contributed by atoms with Crippen molar-refractivity contribution in [3.8, 4) is 0 Å². The van der Waals surface area contributed by atoms with E-state index in [4.69, 9.17) is 55.9 Å². The summed E-state index contributed by atoms with van der Waals surface area (Å²) in [4.78, 5) is 65.5. The summed E-state index contributed by atoms with van der Waals surface area (Å²) in [5.41, 5.74) is 2.63. The number of benzene rings is 4. The molecule has 6 aliphatic rings. The zero-order chi connectivity index (χ0) is 55.9. The van der Waals surface area contributed by atoms with Gasteiger partial charge in [0.15, 0.2) is 11.1 Å². The van der Waals surface area contributed by atoms with Crippen LogP contribution in [0.15, 0.2) is 110 Å². The SMILES string of the molecule is C=CC[C@@H]1C[C@@H](c2cccc(Cl)c2)[C@@]2(C(=O)N(COCC[Si](C)(C)C)c3cc(Cl)ccc32)N(CC2CC2)C1=O.C=CC[C@H]1C[C@H](c2cccc(Cl)c2)[C@]2(C(=O)N(COCC[Si](C)(C)C)c3cc(Cl)ccc32)N(CC2CC2)C1=O. The summed E-state index contributed by atoms with van der Waals surface area (Å²) in [6.45, 7) is 24.2. The minimum absolute atomic E-state index is 0.0239. The first-order valence-electron chi connectivity index (χ1n) is 27.9. The number of hydrogen-bond acceptors (Lipinski definition) is 6. The molecule has 78 heavy (non-hydrogen) atoms. The van der Waals surface area contributed by atoms with Gasteiger partial charge in [0, 0.05) is 97.3 Å². The molecule has 4 aromatic carbocycles. The van der Waals surface area contributed by atoms with E-state index in [9.17, 15) is 19.2 Å². The monoisotopic (exact) mass is 1170 g/mol. The van der Waals surface area contributed by atoms with E-state index in [1.807, 2.05) is 107 Å². The molecule has 4 aliphatic heterocycles. The molecular weight excluding hydrogens is 1090 g/mol. The summed E-state index contributed by atoms with van der Waals surface area (Å²) in [5, 5.41) is 2.32. The van der Waals surface area contributed by atoms with Gasteiger partial charge in [0.25, 0.3) is 11.8 Å². The van der Waals surface area contributed by atoms with Crippen LogP contribution < -0.4 is 9.80 Å². The molecule has 2 saturated carbocycles. The predicted molar refractivity (Wildman–Crippen MR) is 322 cm³/mol. The van der Waals surface area contributed by atoms with Crippen LogP contribution >= 0.6 is 46.4 Å². The van der Waals surface area contributed by atoms with Crippen molar-refractivity contribution in [3.63, 3.8) is 0 Å². The van der Waals surface area contributed by atoms with Gasteiger partial charge in [0.05, 0.1) is 11.4 Å². The maximum Gasteiger partial charge on any atom is 0.260 e. The van der Waals surface area contributed by atoms with E-state index in [2.05, 4.69) is 52.4 Å². The number of piperidine rings is 2. The standard InChI is InChI=1S/2C31H38Cl2N2O3Si/c2*1-5-7-23-17-27(22-8-6-9-24(32)16-22)31(35(29(23)36)19-21-10-11-21)26-13-12-25(33)18-28(26)34(30(31)37)20-38-14-15-39(2,3)4/h2*5-6,8-9,12-13,16,18,21,23,27H,1,7,10-11,14-15,17,19-20H2,2-4H3/t2*23-,27+,31+/m10/s1. The molecule has 2 spiro atoms. The van der Waals surface area contributed by atoms with Gasteiger partial charge in [0.1, 0.15) is 13.5 Å². The lowest BCUT2D eigenvalue weighted by molar-refractivity contribution is -0.159. The Labute approximate surface area is 484 Å². The highest BCUT2D eigenvalue weighted by molar-refractivity contribution is 6.76. The van der Waals surface area contributed by atoms with Crippen LogP contribution in [-0.4, -0.2) is 89.3 Å². The van der Waals surface area contributed by atoms with Crippen LogP contribution in [0.2, 0.25) is 71.5 Å². The highest BCUT2D eigenvalue weighted by Gasteiger charge is 2.66. The summed E-state index contributed by atoms with van der Waals surface area (Å²) in [7, 11) is -2.60. The molecule has 10 nitrogen and oxygen atoms in total. The lowest BCUT2D eigenvalue weighted by Crippen LogP contribution is -2.63. The van der Waals surface area contributed by atoms with E-state index in [0.717, 1.165) is 71.4 Å². The molecular formula is C62H76Cl4N4O6Si2.